The maximum Gasteiger partial charge on any atom is 0.233 e. The molecule has 0 unspecified atom stereocenters. The Morgan fingerprint density at radius 1 is 0.966 bits per heavy atom. The van der Waals surface area contributed by atoms with Gasteiger partial charge in [0.25, 0.3) is 0 Å². The average molecular weight is 413 g/mol. The third-order valence-corrected chi connectivity index (χ3v) is 6.57. The van der Waals surface area contributed by atoms with Gasteiger partial charge in [-0.1, -0.05) is 73.5 Å². The molecule has 2 aromatic carbocycles. The van der Waals surface area contributed by atoms with Crippen molar-refractivity contribution >= 4 is 22.0 Å². The molecular formula is C23H28N2O3S. The first-order chi connectivity index (χ1) is 14.0. The van der Waals surface area contributed by atoms with E-state index in [2.05, 4.69) is 22.2 Å². The van der Waals surface area contributed by atoms with Crippen LogP contribution in [-0.4, -0.2) is 27.4 Å². The van der Waals surface area contributed by atoms with Gasteiger partial charge in [-0.15, -0.1) is 0 Å². The summed E-state index contributed by atoms with van der Waals surface area (Å²) in [5.74, 6) is -0.137. The molecule has 0 aromatic heterocycles. The van der Waals surface area contributed by atoms with Crippen molar-refractivity contribution in [1.82, 2.24) is 10.0 Å². The van der Waals surface area contributed by atoms with Gasteiger partial charge in [-0.05, 0) is 30.0 Å². The van der Waals surface area contributed by atoms with E-state index in [0.717, 1.165) is 36.7 Å². The van der Waals surface area contributed by atoms with E-state index in [1.165, 1.54) is 11.6 Å². The number of benzene rings is 2. The lowest BCUT2D eigenvalue weighted by Gasteiger charge is -2.30. The summed E-state index contributed by atoms with van der Waals surface area (Å²) in [6, 6.07) is 19.5. The van der Waals surface area contributed by atoms with Crippen LogP contribution in [-0.2, 0) is 20.2 Å². The van der Waals surface area contributed by atoms with Crippen LogP contribution in [0, 0.1) is 0 Å². The van der Waals surface area contributed by atoms with Crippen LogP contribution in [0.5, 0.6) is 0 Å². The smallest absolute Gasteiger partial charge is 0.233 e. The van der Waals surface area contributed by atoms with E-state index < -0.39 is 10.0 Å². The monoisotopic (exact) mass is 412 g/mol. The van der Waals surface area contributed by atoms with Gasteiger partial charge in [0.05, 0.1) is 0 Å². The Hall–Kier alpha value is -2.44. The zero-order valence-corrected chi connectivity index (χ0v) is 17.3. The summed E-state index contributed by atoms with van der Waals surface area (Å²) in [5, 5.41) is 4.14. The van der Waals surface area contributed by atoms with E-state index in [1.54, 1.807) is 0 Å². The molecule has 0 radical (unpaired) electrons. The summed E-state index contributed by atoms with van der Waals surface area (Å²) in [4.78, 5) is 12.3. The fraction of sp³-hybridized carbons (Fsp3) is 0.348. The molecule has 2 N–H and O–H groups in total. The normalized spacial score (nSPS) is 16.1. The maximum absolute atomic E-state index is 12.3. The van der Waals surface area contributed by atoms with Crippen LogP contribution >= 0.6 is 0 Å². The third-order valence-electron chi connectivity index (χ3n) is 5.47. The Labute approximate surface area is 173 Å². The van der Waals surface area contributed by atoms with E-state index in [1.807, 2.05) is 48.5 Å². The molecule has 29 heavy (non-hydrogen) atoms. The largest absolute Gasteiger partial charge is 0.355 e. The van der Waals surface area contributed by atoms with Gasteiger partial charge >= 0.3 is 0 Å². The van der Waals surface area contributed by atoms with Crippen molar-refractivity contribution in [3.8, 4) is 0 Å². The van der Waals surface area contributed by atoms with Gasteiger partial charge in [-0.2, -0.15) is 0 Å². The molecule has 0 saturated heterocycles. The molecule has 1 aliphatic rings. The number of carbonyl (C=O) groups is 1. The summed E-state index contributed by atoms with van der Waals surface area (Å²) in [5.41, 5.74) is 2.07. The molecule has 0 bridgehead atoms. The van der Waals surface area contributed by atoms with Crippen LogP contribution in [0.15, 0.2) is 66.1 Å². The molecular weight excluding hydrogens is 384 g/mol. The molecule has 0 spiro atoms. The van der Waals surface area contributed by atoms with E-state index in [9.17, 15) is 13.2 Å². The highest BCUT2D eigenvalue weighted by Gasteiger charge is 2.35. The summed E-state index contributed by atoms with van der Waals surface area (Å²) in [6.07, 6.45) is 6.11. The number of amides is 1. The molecule has 1 amide bonds. The predicted molar refractivity (Wildman–Crippen MR) is 117 cm³/mol. The summed E-state index contributed by atoms with van der Waals surface area (Å²) < 4.78 is 26.6. The predicted octanol–water partition coefficient (Wildman–Crippen LogP) is 3.60. The lowest BCUT2D eigenvalue weighted by molar-refractivity contribution is -0.121. The third kappa shape index (κ3) is 6.27. The van der Waals surface area contributed by atoms with Crippen molar-refractivity contribution in [2.45, 2.75) is 37.5 Å². The molecule has 0 aliphatic heterocycles. The van der Waals surface area contributed by atoms with Crippen LogP contribution in [0.3, 0.4) is 0 Å². The molecule has 154 valence electrons. The highest BCUT2D eigenvalue weighted by atomic mass is 32.2. The van der Waals surface area contributed by atoms with E-state index in [4.69, 9.17) is 0 Å². The van der Waals surface area contributed by atoms with Crippen molar-refractivity contribution in [3.63, 3.8) is 0 Å². The molecule has 0 heterocycles. The zero-order chi connectivity index (χ0) is 20.6. The van der Waals surface area contributed by atoms with Gasteiger partial charge in [0.2, 0.25) is 15.9 Å². The first-order valence-electron chi connectivity index (χ1n) is 10.0. The van der Waals surface area contributed by atoms with Crippen molar-refractivity contribution < 1.29 is 13.2 Å². The first-order valence-corrected chi connectivity index (χ1v) is 11.6. The molecule has 0 atom stereocenters. The maximum atomic E-state index is 12.3. The molecule has 5 nitrogen and oxygen atoms in total. The average Bonchev–Trinajstić information content (AvgIpc) is 3.22. The molecule has 3 rings (SSSR count). The fourth-order valence-corrected chi connectivity index (χ4v) is 4.67. The first kappa shape index (κ1) is 21.3. The number of sulfonamides is 1. The van der Waals surface area contributed by atoms with Crippen molar-refractivity contribution in [2.24, 2.45) is 0 Å². The van der Waals surface area contributed by atoms with Gasteiger partial charge in [0, 0.05) is 30.3 Å². The SMILES string of the molecule is O=C(CCNS(=O)(=O)/C=C/c1ccccc1)NCC1(c2ccccc2)CCCC1. The molecule has 2 aromatic rings. The lowest BCUT2D eigenvalue weighted by Crippen LogP contribution is -2.40. The highest BCUT2D eigenvalue weighted by molar-refractivity contribution is 7.92. The second-order valence-electron chi connectivity index (χ2n) is 7.53. The summed E-state index contributed by atoms with van der Waals surface area (Å²) in [6.45, 7) is 0.669. The van der Waals surface area contributed by atoms with E-state index in [0.29, 0.717) is 6.54 Å². The highest BCUT2D eigenvalue weighted by Crippen LogP contribution is 2.40. The Kier molecular flexibility index (Phi) is 7.23. The molecule has 1 fully saturated rings. The standard InChI is InChI=1S/C23H28N2O3S/c26-22(13-17-25-29(27,28)18-14-20-9-3-1-4-10-20)24-19-23(15-7-8-16-23)21-11-5-2-6-12-21/h1-6,9-12,14,18,25H,7-8,13,15-17,19H2,(H,24,26)/b18-14+. The minimum absolute atomic E-state index is 0.00511. The molecule has 6 heteroatoms. The van der Waals surface area contributed by atoms with Gasteiger partial charge in [0.15, 0.2) is 0 Å². The van der Waals surface area contributed by atoms with Gasteiger partial charge in [-0.3, -0.25) is 4.79 Å². The van der Waals surface area contributed by atoms with Crippen LogP contribution in [0.1, 0.15) is 43.2 Å². The number of rotatable bonds is 9. The number of nitrogens with one attached hydrogen (secondary N) is 2. The van der Waals surface area contributed by atoms with Crippen LogP contribution in [0.4, 0.5) is 0 Å². The Balaban J connectivity index is 1.46. The topological polar surface area (TPSA) is 75.3 Å². The lowest BCUT2D eigenvalue weighted by atomic mass is 9.79. The summed E-state index contributed by atoms with van der Waals surface area (Å²) in [7, 11) is -3.57. The van der Waals surface area contributed by atoms with Crippen LogP contribution in [0.25, 0.3) is 6.08 Å². The van der Waals surface area contributed by atoms with Crippen LogP contribution < -0.4 is 10.0 Å². The Morgan fingerprint density at radius 2 is 1.59 bits per heavy atom. The fourth-order valence-electron chi connectivity index (χ4n) is 3.85. The Morgan fingerprint density at radius 3 is 2.24 bits per heavy atom. The second-order valence-corrected chi connectivity index (χ2v) is 9.18. The molecule has 1 aliphatic carbocycles. The van der Waals surface area contributed by atoms with Crippen molar-refractivity contribution in [1.29, 1.82) is 0 Å². The minimum atomic E-state index is -3.57. The summed E-state index contributed by atoms with van der Waals surface area (Å²) >= 11 is 0. The van der Waals surface area contributed by atoms with Crippen molar-refractivity contribution in [3.05, 3.63) is 77.2 Å². The van der Waals surface area contributed by atoms with E-state index in [-0.39, 0.29) is 24.3 Å². The minimum Gasteiger partial charge on any atom is -0.355 e. The van der Waals surface area contributed by atoms with Crippen LogP contribution in [0.2, 0.25) is 0 Å². The van der Waals surface area contributed by atoms with Crippen molar-refractivity contribution in [2.75, 3.05) is 13.1 Å². The number of hydrogen-bond donors (Lipinski definition) is 2. The quantitative estimate of drug-likeness (QED) is 0.661. The number of carbonyl (C=O) groups excluding carboxylic acids is 1. The van der Waals surface area contributed by atoms with Gasteiger partial charge in [0.1, 0.15) is 0 Å². The van der Waals surface area contributed by atoms with E-state index >= 15 is 0 Å². The second kappa shape index (κ2) is 9.85. The molecule has 1 saturated carbocycles. The number of hydrogen-bond acceptors (Lipinski definition) is 3. The van der Waals surface area contributed by atoms with Gasteiger partial charge in [-0.25, -0.2) is 13.1 Å². The van der Waals surface area contributed by atoms with Gasteiger partial charge < -0.3 is 5.32 Å². The zero-order valence-electron chi connectivity index (χ0n) is 16.5. The Bertz CT molecular complexity index is 919.